The third kappa shape index (κ3) is 2.85. The van der Waals surface area contributed by atoms with Crippen molar-refractivity contribution in [2.24, 2.45) is 0 Å². The smallest absolute Gasteiger partial charge is 0.246 e. The minimum Gasteiger partial charge on any atom is -0.489 e. The molecule has 4 nitrogen and oxygen atoms in total. The fourth-order valence-electron chi connectivity index (χ4n) is 2.06. The first-order valence-corrected chi connectivity index (χ1v) is 6.98. The third-order valence-electron chi connectivity index (χ3n) is 3.25. The van der Waals surface area contributed by atoms with Gasteiger partial charge in [-0.2, -0.15) is 0 Å². The van der Waals surface area contributed by atoms with Gasteiger partial charge in [0.1, 0.15) is 11.8 Å². The van der Waals surface area contributed by atoms with Gasteiger partial charge in [0.15, 0.2) is 0 Å². The number of amides is 1. The van der Waals surface area contributed by atoms with Crippen molar-refractivity contribution in [1.29, 1.82) is 0 Å². The quantitative estimate of drug-likeness (QED) is 0.872. The van der Waals surface area contributed by atoms with E-state index in [1.807, 2.05) is 13.8 Å². The molecular formula is C14H19ClN2O2. The number of rotatable bonds is 5. The SMILES string of the molecule is CCNC1C(=O)Nc2cc(OC(C)CC)c(Cl)cc21. The highest BCUT2D eigenvalue weighted by Crippen LogP contribution is 2.38. The summed E-state index contributed by atoms with van der Waals surface area (Å²) in [6, 6.07) is 3.29. The van der Waals surface area contributed by atoms with Crippen molar-refractivity contribution >= 4 is 23.2 Å². The van der Waals surface area contributed by atoms with Gasteiger partial charge in [0.05, 0.1) is 11.1 Å². The Kier molecular flexibility index (Phi) is 4.32. The Morgan fingerprint density at radius 3 is 2.84 bits per heavy atom. The van der Waals surface area contributed by atoms with Gasteiger partial charge in [-0.1, -0.05) is 25.4 Å². The molecule has 0 saturated carbocycles. The van der Waals surface area contributed by atoms with Crippen molar-refractivity contribution in [3.8, 4) is 5.75 Å². The average Bonchev–Trinajstić information content (AvgIpc) is 2.67. The lowest BCUT2D eigenvalue weighted by molar-refractivity contribution is -0.117. The predicted octanol–water partition coefficient (Wildman–Crippen LogP) is 3.12. The molecule has 0 saturated heterocycles. The zero-order valence-corrected chi connectivity index (χ0v) is 12.2. The molecule has 0 aromatic heterocycles. The highest BCUT2D eigenvalue weighted by Gasteiger charge is 2.31. The molecule has 1 aliphatic heterocycles. The molecule has 2 unspecified atom stereocenters. The van der Waals surface area contributed by atoms with Crippen molar-refractivity contribution in [2.75, 3.05) is 11.9 Å². The molecule has 1 aromatic carbocycles. The van der Waals surface area contributed by atoms with E-state index >= 15 is 0 Å². The summed E-state index contributed by atoms with van der Waals surface area (Å²) in [5.74, 6) is 0.570. The first-order valence-electron chi connectivity index (χ1n) is 6.61. The van der Waals surface area contributed by atoms with E-state index in [2.05, 4.69) is 17.6 Å². The number of benzene rings is 1. The minimum atomic E-state index is -0.324. The molecule has 5 heteroatoms. The maximum Gasteiger partial charge on any atom is 0.246 e. The van der Waals surface area contributed by atoms with E-state index in [9.17, 15) is 4.79 Å². The summed E-state index contributed by atoms with van der Waals surface area (Å²) in [7, 11) is 0. The third-order valence-corrected chi connectivity index (χ3v) is 3.54. The van der Waals surface area contributed by atoms with Crippen LogP contribution in [0.3, 0.4) is 0 Å². The van der Waals surface area contributed by atoms with Crippen LogP contribution in [0, 0.1) is 0 Å². The van der Waals surface area contributed by atoms with Crippen molar-refractivity contribution in [1.82, 2.24) is 5.32 Å². The molecule has 19 heavy (non-hydrogen) atoms. The van der Waals surface area contributed by atoms with Crippen molar-refractivity contribution in [3.63, 3.8) is 0 Å². The summed E-state index contributed by atoms with van der Waals surface area (Å²) in [5.41, 5.74) is 1.66. The highest BCUT2D eigenvalue weighted by atomic mass is 35.5. The molecule has 0 bridgehead atoms. The first kappa shape index (κ1) is 14.2. The topological polar surface area (TPSA) is 50.4 Å². The highest BCUT2D eigenvalue weighted by molar-refractivity contribution is 6.32. The van der Waals surface area contributed by atoms with Crippen LogP contribution in [-0.2, 0) is 4.79 Å². The monoisotopic (exact) mass is 282 g/mol. The van der Waals surface area contributed by atoms with Gasteiger partial charge in [-0.05, 0) is 26.0 Å². The van der Waals surface area contributed by atoms with E-state index in [1.54, 1.807) is 12.1 Å². The molecule has 0 fully saturated rings. The number of fused-ring (bicyclic) bond motifs is 1. The van der Waals surface area contributed by atoms with Gasteiger partial charge >= 0.3 is 0 Å². The Labute approximate surface area is 118 Å². The lowest BCUT2D eigenvalue weighted by Gasteiger charge is -2.15. The van der Waals surface area contributed by atoms with E-state index in [1.165, 1.54) is 0 Å². The molecule has 1 amide bonds. The Hall–Kier alpha value is -1.26. The zero-order chi connectivity index (χ0) is 14.0. The Balaban J connectivity index is 2.30. The van der Waals surface area contributed by atoms with Gasteiger partial charge in [-0.3, -0.25) is 4.79 Å². The lowest BCUT2D eigenvalue weighted by atomic mass is 10.1. The van der Waals surface area contributed by atoms with Crippen LogP contribution in [0.25, 0.3) is 0 Å². The van der Waals surface area contributed by atoms with Gasteiger partial charge in [0, 0.05) is 17.3 Å². The van der Waals surface area contributed by atoms with E-state index in [-0.39, 0.29) is 18.1 Å². The Bertz CT molecular complexity index is 491. The maximum absolute atomic E-state index is 11.9. The molecule has 0 spiro atoms. The second kappa shape index (κ2) is 5.80. The summed E-state index contributed by atoms with van der Waals surface area (Å²) in [4.78, 5) is 11.9. The van der Waals surface area contributed by atoms with Crippen LogP contribution in [0.15, 0.2) is 12.1 Å². The van der Waals surface area contributed by atoms with Gasteiger partial charge in [0.2, 0.25) is 5.91 Å². The normalized spacial score (nSPS) is 18.9. The number of likely N-dealkylation sites (N-methyl/N-ethyl adjacent to an activating group) is 1. The molecule has 2 N–H and O–H groups in total. The van der Waals surface area contributed by atoms with Crippen LogP contribution >= 0.6 is 11.6 Å². The fraction of sp³-hybridized carbons (Fsp3) is 0.500. The number of carbonyl (C=O) groups is 1. The summed E-state index contributed by atoms with van der Waals surface area (Å²) in [6.07, 6.45) is 0.997. The van der Waals surface area contributed by atoms with Crippen LogP contribution in [0.1, 0.15) is 38.8 Å². The molecule has 2 rings (SSSR count). The number of ether oxygens (including phenoxy) is 1. The van der Waals surface area contributed by atoms with Crippen molar-refractivity contribution in [2.45, 2.75) is 39.3 Å². The molecule has 1 heterocycles. The van der Waals surface area contributed by atoms with Crippen molar-refractivity contribution in [3.05, 3.63) is 22.7 Å². The number of halogens is 1. The standard InChI is InChI=1S/C14H19ClN2O2/c1-4-8(3)19-12-7-11-9(6-10(12)15)13(16-5-2)14(18)17-11/h6-8,13,16H,4-5H2,1-3H3,(H,17,18). The van der Waals surface area contributed by atoms with E-state index in [0.29, 0.717) is 10.8 Å². The zero-order valence-electron chi connectivity index (χ0n) is 11.4. The van der Waals surface area contributed by atoms with E-state index in [0.717, 1.165) is 24.2 Å². The van der Waals surface area contributed by atoms with Crippen LogP contribution in [0.2, 0.25) is 5.02 Å². The van der Waals surface area contributed by atoms with Crippen LogP contribution in [-0.4, -0.2) is 18.6 Å². The summed E-state index contributed by atoms with van der Waals surface area (Å²) >= 11 is 6.23. The van der Waals surface area contributed by atoms with Gasteiger partial charge in [0.25, 0.3) is 0 Å². The minimum absolute atomic E-state index is 0.0476. The fourth-order valence-corrected chi connectivity index (χ4v) is 2.28. The molecule has 1 aromatic rings. The summed E-state index contributed by atoms with van der Waals surface area (Å²) < 4.78 is 5.75. The summed E-state index contributed by atoms with van der Waals surface area (Å²) in [5, 5.41) is 6.53. The largest absolute Gasteiger partial charge is 0.489 e. The van der Waals surface area contributed by atoms with Crippen LogP contribution in [0.4, 0.5) is 5.69 Å². The summed E-state index contributed by atoms with van der Waals surface area (Å²) in [6.45, 7) is 6.73. The van der Waals surface area contributed by atoms with Gasteiger partial charge in [-0.15, -0.1) is 0 Å². The second-order valence-corrected chi connectivity index (χ2v) is 5.09. The van der Waals surface area contributed by atoms with Crippen molar-refractivity contribution < 1.29 is 9.53 Å². The second-order valence-electron chi connectivity index (χ2n) is 4.69. The maximum atomic E-state index is 11.9. The molecule has 0 radical (unpaired) electrons. The number of hydrogen-bond donors (Lipinski definition) is 2. The van der Waals surface area contributed by atoms with E-state index in [4.69, 9.17) is 16.3 Å². The first-order chi connectivity index (χ1) is 9.06. The predicted molar refractivity (Wildman–Crippen MR) is 76.9 cm³/mol. The average molecular weight is 283 g/mol. The molecule has 0 aliphatic carbocycles. The molecule has 104 valence electrons. The lowest BCUT2D eigenvalue weighted by Crippen LogP contribution is -2.27. The number of anilines is 1. The van der Waals surface area contributed by atoms with Crippen LogP contribution in [0.5, 0.6) is 5.75 Å². The van der Waals surface area contributed by atoms with Gasteiger partial charge in [-0.25, -0.2) is 0 Å². The molecule has 1 aliphatic rings. The molecular weight excluding hydrogens is 264 g/mol. The Morgan fingerprint density at radius 2 is 2.21 bits per heavy atom. The van der Waals surface area contributed by atoms with Crippen LogP contribution < -0.4 is 15.4 Å². The number of nitrogens with one attached hydrogen (secondary N) is 2. The van der Waals surface area contributed by atoms with E-state index < -0.39 is 0 Å². The number of carbonyl (C=O) groups excluding carboxylic acids is 1. The Morgan fingerprint density at radius 1 is 1.47 bits per heavy atom. The number of hydrogen-bond acceptors (Lipinski definition) is 3. The van der Waals surface area contributed by atoms with Gasteiger partial charge < -0.3 is 15.4 Å². The molecule has 2 atom stereocenters.